The molecule has 0 fully saturated rings. The molecule has 0 aromatic rings. The maximum Gasteiger partial charge on any atom is 1.00 e. The Bertz CT molecular complexity index is 95.7. The first-order valence-electron chi connectivity index (χ1n) is 5.23. The molecular weight excluding hydrogens is 151 g/mol. The van der Waals surface area contributed by atoms with Crippen molar-refractivity contribution in [2.75, 3.05) is 0 Å². The zero-order valence-electron chi connectivity index (χ0n) is 10.6. The van der Waals surface area contributed by atoms with Gasteiger partial charge in [-0.05, 0) is 11.8 Å². The van der Waals surface area contributed by atoms with Gasteiger partial charge in [0.2, 0.25) is 0 Å². The number of hydrogen-bond acceptors (Lipinski definition) is 0. The average Bonchev–Trinajstić information content (AvgIpc) is 1.83. The van der Waals surface area contributed by atoms with Crippen molar-refractivity contribution < 1.29 is 18.9 Å². The summed E-state index contributed by atoms with van der Waals surface area (Å²) in [5.41, 5.74) is 0. The summed E-state index contributed by atoms with van der Waals surface area (Å²) in [7, 11) is 0. The quantitative estimate of drug-likeness (QED) is 0.438. The Morgan fingerprint density at radius 2 is 1.15 bits per heavy atom. The second kappa shape index (κ2) is 7.95. The third kappa shape index (κ3) is 8.91. The average molecular weight is 176 g/mol. The Kier molecular flexibility index (Phi) is 9.81. The molecule has 0 nitrogen and oxygen atoms in total. The van der Waals surface area contributed by atoms with Gasteiger partial charge in [0.1, 0.15) is 0 Å². The molecule has 0 unspecified atom stereocenters. The summed E-state index contributed by atoms with van der Waals surface area (Å²) in [6, 6.07) is 0. The van der Waals surface area contributed by atoms with Gasteiger partial charge < -0.3 is 5.92 Å². The van der Waals surface area contributed by atoms with Gasteiger partial charge in [-0.3, -0.25) is 0 Å². The molecule has 0 aliphatic heterocycles. The first-order chi connectivity index (χ1) is 5.43. The van der Waals surface area contributed by atoms with Crippen molar-refractivity contribution in [1.82, 2.24) is 0 Å². The van der Waals surface area contributed by atoms with Crippen molar-refractivity contribution in [3.8, 4) is 0 Å². The maximum absolute atomic E-state index is 2.32. The van der Waals surface area contributed by atoms with E-state index >= 15 is 0 Å². The Morgan fingerprint density at radius 3 is 1.31 bits per heavy atom. The van der Waals surface area contributed by atoms with Crippen molar-refractivity contribution in [3.63, 3.8) is 0 Å². The van der Waals surface area contributed by atoms with E-state index in [9.17, 15) is 0 Å². The Balaban J connectivity index is 0. The Labute approximate surface area is 97.1 Å². The van der Waals surface area contributed by atoms with E-state index in [0.717, 1.165) is 17.8 Å². The van der Waals surface area contributed by atoms with Gasteiger partial charge in [-0.2, -0.15) is 19.8 Å². The standard InChI is InChI=1S/C12H25.Li/c1-9(2)7-12(11(5)6)8-10(3)4;/h9-10,12H,7-8H2,1-6H3;/q-1;+1. The van der Waals surface area contributed by atoms with E-state index in [2.05, 4.69) is 41.5 Å². The van der Waals surface area contributed by atoms with E-state index < -0.39 is 0 Å². The molecule has 0 rings (SSSR count). The Hall–Kier alpha value is 0.597. The fraction of sp³-hybridized carbons (Fsp3) is 0.917. The summed E-state index contributed by atoms with van der Waals surface area (Å²) >= 11 is 0. The van der Waals surface area contributed by atoms with Crippen LogP contribution < -0.4 is 18.9 Å². The van der Waals surface area contributed by atoms with Crippen LogP contribution in [0.25, 0.3) is 0 Å². The minimum atomic E-state index is 0. The largest absolute Gasteiger partial charge is 1.00 e. The molecule has 0 radical (unpaired) electrons. The van der Waals surface area contributed by atoms with Crippen molar-refractivity contribution in [2.45, 2.75) is 54.4 Å². The van der Waals surface area contributed by atoms with Gasteiger partial charge in [-0.1, -0.05) is 40.5 Å². The van der Waals surface area contributed by atoms with Crippen LogP contribution in [0.1, 0.15) is 54.4 Å². The van der Waals surface area contributed by atoms with E-state index in [1.807, 2.05) is 0 Å². The van der Waals surface area contributed by atoms with Crippen LogP contribution in [0, 0.1) is 23.7 Å². The molecule has 0 aliphatic carbocycles. The van der Waals surface area contributed by atoms with Crippen molar-refractivity contribution in [3.05, 3.63) is 5.92 Å². The molecule has 0 spiro atoms. The fourth-order valence-electron chi connectivity index (χ4n) is 1.71. The normalized spacial score (nSPS) is 11.5. The molecule has 0 aromatic carbocycles. The first kappa shape index (κ1) is 16.0. The zero-order chi connectivity index (χ0) is 9.72. The molecule has 0 heterocycles. The predicted molar refractivity (Wildman–Crippen MR) is 57.0 cm³/mol. The van der Waals surface area contributed by atoms with Gasteiger partial charge in [0.25, 0.3) is 0 Å². The molecule has 0 amide bonds. The minimum Gasteiger partial charge on any atom is -0.317 e. The molecule has 74 valence electrons. The molecular formula is C12H25Li. The first-order valence-corrected chi connectivity index (χ1v) is 5.23. The second-order valence-corrected chi connectivity index (χ2v) is 5.03. The van der Waals surface area contributed by atoms with Crippen LogP contribution in [0.4, 0.5) is 0 Å². The number of hydrogen-bond donors (Lipinski definition) is 0. The molecule has 0 N–H and O–H groups in total. The summed E-state index contributed by atoms with van der Waals surface area (Å²) in [5, 5.41) is 0. The van der Waals surface area contributed by atoms with Crippen LogP contribution in [0.15, 0.2) is 0 Å². The van der Waals surface area contributed by atoms with Gasteiger partial charge in [-0.25, -0.2) is 0 Å². The topological polar surface area (TPSA) is 0 Å². The van der Waals surface area contributed by atoms with Crippen LogP contribution in [0.2, 0.25) is 0 Å². The van der Waals surface area contributed by atoms with Crippen LogP contribution in [-0.4, -0.2) is 0 Å². The maximum atomic E-state index is 2.32. The molecule has 0 aromatic heterocycles. The van der Waals surface area contributed by atoms with Gasteiger partial charge >= 0.3 is 18.9 Å². The third-order valence-electron chi connectivity index (χ3n) is 2.33. The molecule has 13 heavy (non-hydrogen) atoms. The molecule has 1 heteroatoms. The van der Waals surface area contributed by atoms with Gasteiger partial charge in [0.05, 0.1) is 0 Å². The second-order valence-electron chi connectivity index (χ2n) is 5.03. The summed E-state index contributed by atoms with van der Waals surface area (Å²) in [6.07, 6.45) is 2.72. The minimum absolute atomic E-state index is 0. The van der Waals surface area contributed by atoms with Crippen LogP contribution in [0.5, 0.6) is 0 Å². The summed E-state index contributed by atoms with van der Waals surface area (Å²) in [6.45, 7) is 13.8. The van der Waals surface area contributed by atoms with Crippen LogP contribution >= 0.6 is 0 Å². The SMILES string of the molecule is C[C-](C)C(CC(C)C)CC(C)C.[Li+]. The van der Waals surface area contributed by atoms with Crippen molar-refractivity contribution >= 4 is 0 Å². The van der Waals surface area contributed by atoms with E-state index in [0.29, 0.717) is 0 Å². The van der Waals surface area contributed by atoms with Crippen molar-refractivity contribution in [1.29, 1.82) is 0 Å². The molecule has 0 bridgehead atoms. The molecule has 0 aliphatic rings. The summed E-state index contributed by atoms with van der Waals surface area (Å²) < 4.78 is 0. The molecule has 0 saturated heterocycles. The third-order valence-corrected chi connectivity index (χ3v) is 2.33. The predicted octanol–water partition coefficient (Wildman–Crippen LogP) is 1.31. The van der Waals surface area contributed by atoms with E-state index in [4.69, 9.17) is 0 Å². The molecule has 0 saturated carbocycles. The van der Waals surface area contributed by atoms with E-state index in [-0.39, 0.29) is 18.9 Å². The number of rotatable bonds is 5. The van der Waals surface area contributed by atoms with Crippen LogP contribution in [-0.2, 0) is 0 Å². The van der Waals surface area contributed by atoms with Gasteiger partial charge in [0, 0.05) is 0 Å². The monoisotopic (exact) mass is 176 g/mol. The zero-order valence-corrected chi connectivity index (χ0v) is 10.6. The fourth-order valence-corrected chi connectivity index (χ4v) is 1.71. The van der Waals surface area contributed by atoms with Crippen LogP contribution in [0.3, 0.4) is 0 Å². The smallest absolute Gasteiger partial charge is 0.317 e. The summed E-state index contributed by atoms with van der Waals surface area (Å²) in [5.74, 6) is 4.13. The molecule has 0 atom stereocenters. The van der Waals surface area contributed by atoms with Gasteiger partial charge in [0.15, 0.2) is 0 Å². The van der Waals surface area contributed by atoms with Crippen molar-refractivity contribution in [2.24, 2.45) is 17.8 Å². The van der Waals surface area contributed by atoms with E-state index in [1.54, 1.807) is 5.92 Å². The Morgan fingerprint density at radius 1 is 0.846 bits per heavy atom. The van der Waals surface area contributed by atoms with E-state index in [1.165, 1.54) is 12.8 Å². The van der Waals surface area contributed by atoms with Gasteiger partial charge in [-0.15, -0.1) is 0 Å². The summed E-state index contributed by atoms with van der Waals surface area (Å²) in [4.78, 5) is 0.